The Kier molecular flexibility index (Phi) is 8.12. The highest BCUT2D eigenvalue weighted by atomic mass is 15.1. The summed E-state index contributed by atoms with van der Waals surface area (Å²) >= 11 is 0. The first-order valence-corrected chi connectivity index (χ1v) is 8.71. The van der Waals surface area contributed by atoms with E-state index in [1.807, 2.05) is 0 Å². The van der Waals surface area contributed by atoms with Crippen LogP contribution >= 0.6 is 0 Å². The summed E-state index contributed by atoms with van der Waals surface area (Å²) < 4.78 is 0. The Morgan fingerprint density at radius 2 is 1.31 bits per heavy atom. The van der Waals surface area contributed by atoms with Gasteiger partial charge in [-0.05, 0) is 66.8 Å². The van der Waals surface area contributed by atoms with E-state index in [-0.39, 0.29) is 14.9 Å². The maximum absolute atomic E-state index is 2.31. The van der Waals surface area contributed by atoms with Crippen molar-refractivity contribution in [3.05, 3.63) is 90.0 Å². The van der Waals surface area contributed by atoms with Crippen molar-refractivity contribution in [2.45, 2.75) is 48.0 Å². The summed E-state index contributed by atoms with van der Waals surface area (Å²) in [6, 6.07) is 28.2. The Morgan fingerprint density at radius 3 is 1.88 bits per heavy atom. The van der Waals surface area contributed by atoms with Gasteiger partial charge in [-0.15, -0.1) is 0 Å². The minimum atomic E-state index is 0. The summed E-state index contributed by atoms with van der Waals surface area (Å²) in [5, 5.41) is 0. The summed E-state index contributed by atoms with van der Waals surface area (Å²) in [5.74, 6) is 0.600. The lowest BCUT2D eigenvalue weighted by atomic mass is 9.98. The second kappa shape index (κ2) is 9.82. The van der Waals surface area contributed by atoms with Gasteiger partial charge in [0, 0.05) is 17.1 Å². The average molecular weight is 348 g/mol. The summed E-state index contributed by atoms with van der Waals surface area (Å²) in [5.41, 5.74) is 6.24. The van der Waals surface area contributed by atoms with E-state index < -0.39 is 0 Å². The van der Waals surface area contributed by atoms with E-state index in [9.17, 15) is 0 Å². The van der Waals surface area contributed by atoms with Crippen molar-refractivity contribution in [3.63, 3.8) is 0 Å². The average Bonchev–Trinajstić information content (AvgIpc) is 2.63. The van der Waals surface area contributed by atoms with Gasteiger partial charge in [-0.1, -0.05) is 71.2 Å². The van der Waals surface area contributed by atoms with Crippen LogP contribution in [0.5, 0.6) is 0 Å². The number of para-hydroxylation sites is 1. The predicted molar refractivity (Wildman–Crippen MR) is 118 cm³/mol. The maximum Gasteiger partial charge on any atom is 0.0464 e. The molecular weight excluding hydrogens is 314 g/mol. The lowest BCUT2D eigenvalue weighted by Gasteiger charge is -2.26. The van der Waals surface area contributed by atoms with Gasteiger partial charge in [0.25, 0.3) is 0 Å². The van der Waals surface area contributed by atoms with Crippen LogP contribution in [0.4, 0.5) is 17.1 Å². The Labute approximate surface area is 160 Å². The van der Waals surface area contributed by atoms with Crippen LogP contribution < -0.4 is 4.90 Å². The summed E-state index contributed by atoms with van der Waals surface area (Å²) in [6.07, 6.45) is 1.17. The van der Waals surface area contributed by atoms with Gasteiger partial charge in [-0.2, -0.15) is 0 Å². The molecule has 0 spiro atoms. The fraction of sp³-hybridized carbons (Fsp3) is 0.280. The lowest BCUT2D eigenvalue weighted by molar-refractivity contribution is 0.733. The number of aryl methyl sites for hydroxylation is 1. The number of anilines is 3. The Balaban J connectivity index is 0.00000169. The largest absolute Gasteiger partial charge is 0.310 e. The van der Waals surface area contributed by atoms with Gasteiger partial charge in [0.2, 0.25) is 0 Å². The van der Waals surface area contributed by atoms with Crippen molar-refractivity contribution in [2.75, 3.05) is 4.90 Å². The van der Waals surface area contributed by atoms with Gasteiger partial charge in [-0.3, -0.25) is 0 Å². The topological polar surface area (TPSA) is 3.24 Å². The third-order valence-corrected chi connectivity index (χ3v) is 4.61. The molecule has 0 N–H and O–H groups in total. The minimum Gasteiger partial charge on any atom is -0.310 e. The smallest absolute Gasteiger partial charge is 0.0464 e. The zero-order valence-corrected chi connectivity index (χ0v) is 14.7. The van der Waals surface area contributed by atoms with Gasteiger partial charge < -0.3 is 4.90 Å². The number of benzene rings is 3. The Hall–Kier alpha value is -2.54. The van der Waals surface area contributed by atoms with Crippen molar-refractivity contribution in [1.82, 2.24) is 0 Å². The fourth-order valence-electron chi connectivity index (χ4n) is 2.98. The monoisotopic (exact) mass is 347 g/mol. The van der Waals surface area contributed by atoms with Crippen LogP contribution in [0, 0.1) is 6.92 Å². The van der Waals surface area contributed by atoms with Gasteiger partial charge in [0.1, 0.15) is 0 Å². The van der Waals surface area contributed by atoms with E-state index in [4.69, 9.17) is 0 Å². The first-order valence-electron chi connectivity index (χ1n) is 8.71. The third kappa shape index (κ3) is 4.76. The van der Waals surface area contributed by atoms with E-state index in [1.165, 1.54) is 34.6 Å². The molecule has 3 aromatic rings. The Bertz CT molecular complexity index is 775. The molecule has 3 aromatic carbocycles. The maximum atomic E-state index is 2.31. The van der Waals surface area contributed by atoms with Crippen LogP contribution in [0.25, 0.3) is 0 Å². The lowest BCUT2D eigenvalue weighted by Crippen LogP contribution is -2.10. The molecule has 0 aliphatic rings. The van der Waals surface area contributed by atoms with Crippen molar-refractivity contribution in [3.8, 4) is 0 Å². The molecular formula is C25H33N. The van der Waals surface area contributed by atoms with Gasteiger partial charge in [0.05, 0.1) is 0 Å². The minimum absolute atomic E-state index is 0. The van der Waals surface area contributed by atoms with E-state index in [0.717, 1.165) is 0 Å². The van der Waals surface area contributed by atoms with Crippen molar-refractivity contribution in [2.24, 2.45) is 0 Å². The molecule has 0 saturated heterocycles. The molecule has 0 amide bonds. The van der Waals surface area contributed by atoms with Gasteiger partial charge >= 0.3 is 0 Å². The number of rotatable bonds is 5. The quantitative estimate of drug-likeness (QED) is 0.449. The summed E-state index contributed by atoms with van der Waals surface area (Å²) in [4.78, 5) is 2.31. The molecule has 3 rings (SSSR count). The molecule has 1 heteroatoms. The highest BCUT2D eigenvalue weighted by Crippen LogP contribution is 2.35. The van der Waals surface area contributed by atoms with E-state index in [2.05, 4.69) is 105 Å². The van der Waals surface area contributed by atoms with Crippen molar-refractivity contribution in [1.29, 1.82) is 0 Å². The summed E-state index contributed by atoms with van der Waals surface area (Å²) in [6.45, 7) is 6.66. The normalized spacial score (nSPS) is 11.0. The molecule has 0 fully saturated rings. The second-order valence-electron chi connectivity index (χ2n) is 6.41. The molecule has 0 aliphatic heterocycles. The number of nitrogens with zero attached hydrogens (tertiary/aromatic N) is 1. The molecule has 1 atom stereocenters. The molecule has 0 aliphatic carbocycles. The number of hydrogen-bond donors (Lipinski definition) is 0. The Morgan fingerprint density at radius 1 is 0.731 bits per heavy atom. The van der Waals surface area contributed by atoms with E-state index in [0.29, 0.717) is 5.92 Å². The van der Waals surface area contributed by atoms with Gasteiger partial charge in [0.15, 0.2) is 0 Å². The van der Waals surface area contributed by atoms with Crippen LogP contribution in [0.1, 0.15) is 52.2 Å². The second-order valence-corrected chi connectivity index (χ2v) is 6.41. The molecule has 0 saturated carbocycles. The SMILES string of the molecule is C.C.CCC(C)c1ccc(N(c2ccccc2)c2cccc(C)c2)cc1. The first kappa shape index (κ1) is 21.5. The van der Waals surface area contributed by atoms with Crippen molar-refractivity contribution < 1.29 is 0 Å². The molecule has 26 heavy (non-hydrogen) atoms. The fourth-order valence-corrected chi connectivity index (χ4v) is 2.98. The molecule has 0 radical (unpaired) electrons. The molecule has 138 valence electrons. The van der Waals surface area contributed by atoms with Crippen LogP contribution in [-0.4, -0.2) is 0 Å². The highest BCUT2D eigenvalue weighted by molar-refractivity contribution is 5.76. The van der Waals surface area contributed by atoms with Crippen LogP contribution in [0.3, 0.4) is 0 Å². The third-order valence-electron chi connectivity index (χ3n) is 4.61. The number of hydrogen-bond acceptors (Lipinski definition) is 1. The predicted octanol–water partition coefficient (Wildman–Crippen LogP) is 8.25. The van der Waals surface area contributed by atoms with Crippen LogP contribution in [-0.2, 0) is 0 Å². The zero-order chi connectivity index (χ0) is 16.9. The van der Waals surface area contributed by atoms with E-state index in [1.54, 1.807) is 0 Å². The molecule has 1 unspecified atom stereocenters. The molecule has 0 aromatic heterocycles. The zero-order valence-electron chi connectivity index (χ0n) is 14.7. The highest BCUT2D eigenvalue weighted by Gasteiger charge is 2.12. The van der Waals surface area contributed by atoms with Crippen molar-refractivity contribution >= 4 is 17.1 Å². The van der Waals surface area contributed by atoms with Crippen LogP contribution in [0.15, 0.2) is 78.9 Å². The first-order chi connectivity index (χ1) is 11.7. The molecule has 1 nitrogen and oxygen atoms in total. The van der Waals surface area contributed by atoms with Crippen LogP contribution in [0.2, 0.25) is 0 Å². The standard InChI is InChI=1S/C23H25N.2CH4/c1-4-19(3)20-13-15-22(16-14-20)24(21-10-6-5-7-11-21)23-12-8-9-18(2)17-23;;/h5-17,19H,4H2,1-3H3;2*1H4. The molecule has 0 heterocycles. The van der Waals surface area contributed by atoms with Gasteiger partial charge in [-0.25, -0.2) is 0 Å². The van der Waals surface area contributed by atoms with E-state index >= 15 is 0 Å². The molecule has 0 bridgehead atoms. The summed E-state index contributed by atoms with van der Waals surface area (Å²) in [7, 11) is 0.